The van der Waals surface area contributed by atoms with E-state index in [1.807, 2.05) is 19.1 Å². The van der Waals surface area contributed by atoms with Crippen molar-refractivity contribution in [3.63, 3.8) is 0 Å². The highest BCUT2D eigenvalue weighted by atomic mass is 16.5. The van der Waals surface area contributed by atoms with Gasteiger partial charge in [0.15, 0.2) is 0 Å². The third kappa shape index (κ3) is 3.76. The third-order valence-corrected chi connectivity index (χ3v) is 2.12. The van der Waals surface area contributed by atoms with Crippen LogP contribution >= 0.6 is 0 Å². The fourth-order valence-corrected chi connectivity index (χ4v) is 1.45. The van der Waals surface area contributed by atoms with Crippen molar-refractivity contribution in [1.29, 1.82) is 0 Å². The Bertz CT molecular complexity index is 320. The van der Waals surface area contributed by atoms with E-state index in [9.17, 15) is 0 Å². The Kier molecular flexibility index (Phi) is 4.91. The molecule has 0 saturated carbocycles. The van der Waals surface area contributed by atoms with Crippen molar-refractivity contribution in [1.82, 2.24) is 5.32 Å². The van der Waals surface area contributed by atoms with Crippen LogP contribution in [0.2, 0.25) is 0 Å². The number of nitrogens with one attached hydrogen (secondary N) is 1. The maximum absolute atomic E-state index is 5.56. The first-order valence-corrected chi connectivity index (χ1v) is 5.32. The van der Waals surface area contributed by atoms with E-state index in [1.54, 1.807) is 0 Å². The molecule has 2 nitrogen and oxygen atoms in total. The molecule has 0 unspecified atom stereocenters. The summed E-state index contributed by atoms with van der Waals surface area (Å²) in [5.74, 6) is 0.972. The van der Waals surface area contributed by atoms with Gasteiger partial charge in [-0.05, 0) is 19.9 Å². The molecule has 0 aliphatic heterocycles. The Balaban J connectivity index is 2.72. The van der Waals surface area contributed by atoms with Crippen molar-refractivity contribution in [3.8, 4) is 5.75 Å². The van der Waals surface area contributed by atoms with E-state index in [4.69, 9.17) is 4.74 Å². The Hall–Kier alpha value is -1.28. The summed E-state index contributed by atoms with van der Waals surface area (Å²) in [5, 5.41) is 3.28. The average Bonchev–Trinajstić information content (AvgIpc) is 2.22. The van der Waals surface area contributed by atoms with Crippen LogP contribution in [0.1, 0.15) is 18.1 Å². The molecule has 1 aromatic rings. The number of rotatable bonds is 6. The lowest BCUT2D eigenvalue weighted by Gasteiger charge is -2.11. The predicted octanol–water partition coefficient (Wildman–Crippen LogP) is 2.67. The second-order valence-electron chi connectivity index (χ2n) is 3.46. The molecule has 82 valence electrons. The van der Waals surface area contributed by atoms with Crippen LogP contribution < -0.4 is 10.1 Å². The maximum atomic E-state index is 5.56. The van der Waals surface area contributed by atoms with E-state index in [-0.39, 0.29) is 0 Å². The minimum atomic E-state index is 0.706. The summed E-state index contributed by atoms with van der Waals surface area (Å²) in [6.45, 7) is 10.1. The average molecular weight is 205 g/mol. The van der Waals surface area contributed by atoms with Gasteiger partial charge >= 0.3 is 0 Å². The molecule has 2 heteroatoms. The normalized spacial score (nSPS) is 10.0. The molecule has 0 aliphatic carbocycles. The molecule has 1 aromatic carbocycles. The molecular formula is C13H19NO. The summed E-state index contributed by atoms with van der Waals surface area (Å²) >= 11 is 0. The third-order valence-electron chi connectivity index (χ3n) is 2.12. The van der Waals surface area contributed by atoms with E-state index in [2.05, 4.69) is 31.0 Å². The van der Waals surface area contributed by atoms with Gasteiger partial charge in [0.05, 0.1) is 6.61 Å². The first kappa shape index (κ1) is 11.8. The molecule has 0 aliphatic rings. The number of aryl methyl sites for hydroxylation is 1. The molecule has 0 fully saturated rings. The minimum Gasteiger partial charge on any atom is -0.494 e. The van der Waals surface area contributed by atoms with Crippen LogP contribution in [0.3, 0.4) is 0 Å². The highest BCUT2D eigenvalue weighted by Crippen LogP contribution is 2.19. The van der Waals surface area contributed by atoms with Crippen molar-refractivity contribution in [2.24, 2.45) is 0 Å². The zero-order chi connectivity index (χ0) is 11.1. The molecule has 0 radical (unpaired) electrons. The van der Waals surface area contributed by atoms with Crippen LogP contribution in [0, 0.1) is 6.92 Å². The Morgan fingerprint density at radius 3 is 2.93 bits per heavy atom. The van der Waals surface area contributed by atoms with Crippen LogP contribution in [-0.4, -0.2) is 13.2 Å². The number of hydrogen-bond donors (Lipinski definition) is 1. The molecule has 0 spiro atoms. The summed E-state index contributed by atoms with van der Waals surface area (Å²) in [7, 11) is 0. The van der Waals surface area contributed by atoms with Crippen molar-refractivity contribution < 1.29 is 4.74 Å². The van der Waals surface area contributed by atoms with E-state index >= 15 is 0 Å². The highest BCUT2D eigenvalue weighted by molar-refractivity contribution is 5.36. The van der Waals surface area contributed by atoms with E-state index in [0.29, 0.717) is 6.61 Å². The molecule has 0 aromatic heterocycles. The SMILES string of the molecule is C=CCNCc1cc(C)ccc1OCC. The first-order chi connectivity index (χ1) is 7.27. The molecule has 0 bridgehead atoms. The fourth-order valence-electron chi connectivity index (χ4n) is 1.45. The Labute approximate surface area is 92.0 Å². The van der Waals surface area contributed by atoms with Crippen LogP contribution in [0.4, 0.5) is 0 Å². The van der Waals surface area contributed by atoms with Gasteiger partial charge < -0.3 is 10.1 Å². The van der Waals surface area contributed by atoms with E-state index < -0.39 is 0 Å². The molecular weight excluding hydrogens is 186 g/mol. The van der Waals surface area contributed by atoms with Crippen LogP contribution in [-0.2, 0) is 6.54 Å². The monoisotopic (exact) mass is 205 g/mol. The molecule has 1 rings (SSSR count). The van der Waals surface area contributed by atoms with Gasteiger partial charge in [0.2, 0.25) is 0 Å². The van der Waals surface area contributed by atoms with Gasteiger partial charge in [-0.15, -0.1) is 6.58 Å². The van der Waals surface area contributed by atoms with Gasteiger partial charge in [0.25, 0.3) is 0 Å². The van der Waals surface area contributed by atoms with Gasteiger partial charge in [-0.25, -0.2) is 0 Å². The van der Waals surface area contributed by atoms with Crippen LogP contribution in [0.5, 0.6) is 5.75 Å². The standard InChI is InChI=1S/C13H19NO/c1-4-8-14-10-12-9-11(3)6-7-13(12)15-5-2/h4,6-7,9,14H,1,5,8,10H2,2-3H3. The first-order valence-electron chi connectivity index (χ1n) is 5.32. The molecule has 0 atom stereocenters. The van der Waals surface area contributed by atoms with Gasteiger partial charge in [0.1, 0.15) is 5.75 Å². The largest absolute Gasteiger partial charge is 0.494 e. The second kappa shape index (κ2) is 6.25. The van der Waals surface area contributed by atoms with Gasteiger partial charge in [-0.1, -0.05) is 23.8 Å². The summed E-state index contributed by atoms with van der Waals surface area (Å²) in [6.07, 6.45) is 1.86. The van der Waals surface area contributed by atoms with Gasteiger partial charge in [-0.2, -0.15) is 0 Å². The van der Waals surface area contributed by atoms with Gasteiger partial charge in [0, 0.05) is 18.7 Å². The van der Waals surface area contributed by atoms with Crippen molar-refractivity contribution in [2.75, 3.05) is 13.2 Å². The molecule has 0 amide bonds. The lowest BCUT2D eigenvalue weighted by molar-refractivity contribution is 0.335. The predicted molar refractivity (Wildman–Crippen MR) is 64.3 cm³/mol. The van der Waals surface area contributed by atoms with Gasteiger partial charge in [-0.3, -0.25) is 0 Å². The lowest BCUT2D eigenvalue weighted by Crippen LogP contribution is -2.13. The summed E-state index contributed by atoms with van der Waals surface area (Å²) in [4.78, 5) is 0. The van der Waals surface area contributed by atoms with Crippen LogP contribution in [0.15, 0.2) is 30.9 Å². The topological polar surface area (TPSA) is 21.3 Å². The fraction of sp³-hybridized carbons (Fsp3) is 0.385. The maximum Gasteiger partial charge on any atom is 0.123 e. The quantitative estimate of drug-likeness (QED) is 0.569. The van der Waals surface area contributed by atoms with Crippen molar-refractivity contribution in [2.45, 2.75) is 20.4 Å². The molecule has 1 N–H and O–H groups in total. The minimum absolute atomic E-state index is 0.706. The van der Waals surface area contributed by atoms with E-state index in [0.717, 1.165) is 18.8 Å². The molecule has 0 heterocycles. The Morgan fingerprint density at radius 2 is 2.27 bits per heavy atom. The zero-order valence-electron chi connectivity index (χ0n) is 9.55. The van der Waals surface area contributed by atoms with E-state index in [1.165, 1.54) is 11.1 Å². The van der Waals surface area contributed by atoms with Crippen LogP contribution in [0.25, 0.3) is 0 Å². The number of ether oxygens (including phenoxy) is 1. The molecule has 15 heavy (non-hydrogen) atoms. The number of hydrogen-bond acceptors (Lipinski definition) is 2. The van der Waals surface area contributed by atoms with Crippen molar-refractivity contribution in [3.05, 3.63) is 42.0 Å². The summed E-state index contributed by atoms with van der Waals surface area (Å²) < 4.78 is 5.56. The number of benzene rings is 1. The van der Waals surface area contributed by atoms with Crippen molar-refractivity contribution >= 4 is 0 Å². The summed E-state index contributed by atoms with van der Waals surface area (Å²) in [5.41, 5.74) is 2.47. The smallest absolute Gasteiger partial charge is 0.123 e. The Morgan fingerprint density at radius 1 is 1.47 bits per heavy atom. The summed E-state index contributed by atoms with van der Waals surface area (Å²) in [6, 6.07) is 6.26. The molecule has 0 saturated heterocycles. The second-order valence-corrected chi connectivity index (χ2v) is 3.46. The lowest BCUT2D eigenvalue weighted by atomic mass is 10.1. The highest BCUT2D eigenvalue weighted by Gasteiger charge is 2.02. The zero-order valence-corrected chi connectivity index (χ0v) is 9.55.